The minimum Gasteiger partial charge on any atom is -0.491 e. The summed E-state index contributed by atoms with van der Waals surface area (Å²) >= 11 is 1.73. The van der Waals surface area contributed by atoms with Crippen molar-refractivity contribution < 1.29 is 9.47 Å². The van der Waals surface area contributed by atoms with Gasteiger partial charge in [-0.2, -0.15) is 11.3 Å². The van der Waals surface area contributed by atoms with Crippen LogP contribution in [-0.2, 0) is 17.7 Å². The summed E-state index contributed by atoms with van der Waals surface area (Å²) < 4.78 is 11.3. The molecule has 1 heterocycles. The first-order chi connectivity index (χ1) is 13.2. The molecule has 0 amide bonds. The van der Waals surface area contributed by atoms with E-state index in [1.165, 1.54) is 11.1 Å². The van der Waals surface area contributed by atoms with E-state index in [-0.39, 0.29) is 0 Å². The van der Waals surface area contributed by atoms with Crippen molar-refractivity contribution in [2.45, 2.75) is 33.7 Å². The third-order valence-electron chi connectivity index (χ3n) is 3.95. The van der Waals surface area contributed by atoms with Gasteiger partial charge >= 0.3 is 0 Å². The number of aliphatic imine (C=N–C) groups is 1. The molecule has 0 saturated heterocycles. The second kappa shape index (κ2) is 12.4. The van der Waals surface area contributed by atoms with Crippen LogP contribution in [0.4, 0.5) is 0 Å². The van der Waals surface area contributed by atoms with Gasteiger partial charge in [-0.1, -0.05) is 12.1 Å². The van der Waals surface area contributed by atoms with E-state index in [4.69, 9.17) is 14.5 Å². The largest absolute Gasteiger partial charge is 0.491 e. The fourth-order valence-electron chi connectivity index (χ4n) is 2.55. The van der Waals surface area contributed by atoms with Crippen molar-refractivity contribution >= 4 is 17.3 Å². The number of aryl methyl sites for hydroxylation is 1. The van der Waals surface area contributed by atoms with Crippen molar-refractivity contribution in [3.05, 3.63) is 51.7 Å². The van der Waals surface area contributed by atoms with Crippen molar-refractivity contribution in [1.82, 2.24) is 10.6 Å². The minimum absolute atomic E-state index is 0.549. The number of benzene rings is 1. The molecular weight excluding hydrogens is 358 g/mol. The lowest BCUT2D eigenvalue weighted by atomic mass is 10.1. The Hall–Kier alpha value is -2.05. The number of thiophene rings is 1. The third kappa shape index (κ3) is 8.01. The number of ether oxygens (including phenoxy) is 2. The number of guanidine groups is 1. The van der Waals surface area contributed by atoms with Crippen LogP contribution in [0.15, 0.2) is 40.0 Å². The fourth-order valence-corrected chi connectivity index (χ4v) is 3.25. The molecule has 1 aromatic heterocycles. The Morgan fingerprint density at radius 1 is 1.15 bits per heavy atom. The summed E-state index contributed by atoms with van der Waals surface area (Å²) in [4.78, 5) is 4.72. The van der Waals surface area contributed by atoms with E-state index in [0.29, 0.717) is 26.4 Å². The minimum atomic E-state index is 0.549. The molecule has 2 aromatic rings. The van der Waals surface area contributed by atoms with Crippen LogP contribution in [0.3, 0.4) is 0 Å². The monoisotopic (exact) mass is 389 g/mol. The van der Waals surface area contributed by atoms with Crippen molar-refractivity contribution in [2.24, 2.45) is 4.99 Å². The zero-order valence-corrected chi connectivity index (χ0v) is 17.4. The SMILES string of the molecule is CCNC(=NCc1ccc(C)cc1OCCOCC)NCCc1ccsc1. The summed E-state index contributed by atoms with van der Waals surface area (Å²) in [7, 11) is 0. The zero-order valence-electron chi connectivity index (χ0n) is 16.6. The first-order valence-corrected chi connectivity index (χ1v) is 10.5. The number of hydrogen-bond acceptors (Lipinski definition) is 4. The normalized spacial score (nSPS) is 11.4. The molecule has 2 N–H and O–H groups in total. The van der Waals surface area contributed by atoms with E-state index in [9.17, 15) is 0 Å². The van der Waals surface area contributed by atoms with E-state index in [0.717, 1.165) is 36.8 Å². The third-order valence-corrected chi connectivity index (χ3v) is 4.68. The Kier molecular flexibility index (Phi) is 9.73. The van der Waals surface area contributed by atoms with Gasteiger partial charge < -0.3 is 20.1 Å². The molecule has 6 heteroatoms. The van der Waals surface area contributed by atoms with E-state index in [1.54, 1.807) is 11.3 Å². The molecule has 0 aliphatic carbocycles. The van der Waals surface area contributed by atoms with Gasteiger partial charge in [0, 0.05) is 25.3 Å². The molecule has 5 nitrogen and oxygen atoms in total. The standard InChI is InChI=1S/C21H31N3O2S/c1-4-22-21(23-10-8-18-9-13-27-16-18)24-15-19-7-6-17(3)14-20(19)26-12-11-25-5-2/h6-7,9,13-14,16H,4-5,8,10-12,15H2,1-3H3,(H2,22,23,24). The fraction of sp³-hybridized carbons (Fsp3) is 0.476. The predicted octanol–water partition coefficient (Wildman–Crippen LogP) is 3.77. The second-order valence-corrected chi connectivity index (χ2v) is 6.94. The molecule has 0 spiro atoms. The molecule has 2 rings (SSSR count). The highest BCUT2D eigenvalue weighted by atomic mass is 32.1. The smallest absolute Gasteiger partial charge is 0.191 e. The Bertz CT molecular complexity index is 687. The highest BCUT2D eigenvalue weighted by Crippen LogP contribution is 2.21. The lowest BCUT2D eigenvalue weighted by molar-refractivity contribution is 0.110. The first kappa shape index (κ1) is 21.3. The van der Waals surface area contributed by atoms with Crippen LogP contribution in [0.5, 0.6) is 5.75 Å². The summed E-state index contributed by atoms with van der Waals surface area (Å²) in [5, 5.41) is 11.0. The first-order valence-electron chi connectivity index (χ1n) is 9.56. The summed E-state index contributed by atoms with van der Waals surface area (Å²) in [6.45, 7) is 10.2. The average Bonchev–Trinajstić information content (AvgIpc) is 3.18. The summed E-state index contributed by atoms with van der Waals surface area (Å²) in [6, 6.07) is 8.41. The Balaban J connectivity index is 1.94. The Morgan fingerprint density at radius 2 is 2.04 bits per heavy atom. The predicted molar refractivity (Wildman–Crippen MR) is 114 cm³/mol. The quantitative estimate of drug-likeness (QED) is 0.349. The molecule has 148 valence electrons. The van der Waals surface area contributed by atoms with E-state index < -0.39 is 0 Å². The Labute approximate surface area is 166 Å². The van der Waals surface area contributed by atoms with Gasteiger partial charge in [-0.3, -0.25) is 0 Å². The molecule has 0 aliphatic rings. The maximum Gasteiger partial charge on any atom is 0.191 e. The lowest BCUT2D eigenvalue weighted by Gasteiger charge is -2.13. The van der Waals surface area contributed by atoms with Crippen LogP contribution in [0.25, 0.3) is 0 Å². The van der Waals surface area contributed by atoms with Crippen molar-refractivity contribution in [2.75, 3.05) is 32.9 Å². The molecule has 0 unspecified atom stereocenters. The molecule has 1 aromatic carbocycles. The van der Waals surface area contributed by atoms with E-state index >= 15 is 0 Å². The van der Waals surface area contributed by atoms with Gasteiger partial charge in [-0.15, -0.1) is 0 Å². The number of nitrogens with zero attached hydrogens (tertiary/aromatic N) is 1. The number of rotatable bonds is 11. The van der Waals surface area contributed by atoms with Crippen molar-refractivity contribution in [3.8, 4) is 5.75 Å². The summed E-state index contributed by atoms with van der Waals surface area (Å²) in [5.41, 5.74) is 3.61. The molecule has 0 atom stereocenters. The van der Waals surface area contributed by atoms with Gasteiger partial charge in [0.15, 0.2) is 5.96 Å². The number of hydrogen-bond donors (Lipinski definition) is 2. The average molecular weight is 390 g/mol. The van der Waals surface area contributed by atoms with Crippen LogP contribution < -0.4 is 15.4 Å². The maximum atomic E-state index is 5.91. The molecule has 27 heavy (non-hydrogen) atoms. The molecule has 0 fully saturated rings. The van der Waals surface area contributed by atoms with Crippen LogP contribution in [0.2, 0.25) is 0 Å². The zero-order chi connectivity index (χ0) is 19.3. The molecule has 0 bridgehead atoms. The van der Waals surface area contributed by atoms with Crippen LogP contribution in [0, 0.1) is 6.92 Å². The van der Waals surface area contributed by atoms with Crippen molar-refractivity contribution in [3.63, 3.8) is 0 Å². The van der Waals surface area contributed by atoms with Crippen LogP contribution >= 0.6 is 11.3 Å². The molecule has 0 aliphatic heterocycles. The van der Waals surface area contributed by atoms with Crippen LogP contribution in [0.1, 0.15) is 30.5 Å². The van der Waals surface area contributed by atoms with Gasteiger partial charge in [-0.05, 0) is 61.2 Å². The van der Waals surface area contributed by atoms with Gasteiger partial charge in [-0.25, -0.2) is 4.99 Å². The number of nitrogens with one attached hydrogen (secondary N) is 2. The summed E-state index contributed by atoms with van der Waals surface area (Å²) in [6.07, 6.45) is 0.990. The Morgan fingerprint density at radius 3 is 2.78 bits per heavy atom. The van der Waals surface area contributed by atoms with E-state index in [2.05, 4.69) is 59.5 Å². The summed E-state index contributed by atoms with van der Waals surface area (Å²) in [5.74, 6) is 1.71. The van der Waals surface area contributed by atoms with Crippen molar-refractivity contribution in [1.29, 1.82) is 0 Å². The molecular formula is C21H31N3O2S. The highest BCUT2D eigenvalue weighted by molar-refractivity contribution is 7.07. The molecule has 0 radical (unpaired) electrons. The second-order valence-electron chi connectivity index (χ2n) is 6.16. The van der Waals surface area contributed by atoms with Gasteiger partial charge in [0.2, 0.25) is 0 Å². The van der Waals surface area contributed by atoms with Crippen LogP contribution in [-0.4, -0.2) is 38.9 Å². The topological polar surface area (TPSA) is 54.9 Å². The maximum absolute atomic E-state index is 5.91. The van der Waals surface area contributed by atoms with E-state index in [1.807, 2.05) is 6.92 Å². The lowest BCUT2D eigenvalue weighted by Crippen LogP contribution is -2.38. The molecule has 0 saturated carbocycles. The van der Waals surface area contributed by atoms with Gasteiger partial charge in [0.25, 0.3) is 0 Å². The highest BCUT2D eigenvalue weighted by Gasteiger charge is 2.05. The van der Waals surface area contributed by atoms with Gasteiger partial charge in [0.1, 0.15) is 12.4 Å². The van der Waals surface area contributed by atoms with Gasteiger partial charge in [0.05, 0.1) is 13.2 Å².